The van der Waals surface area contributed by atoms with Gasteiger partial charge in [-0.15, -0.1) is 0 Å². The predicted octanol–water partition coefficient (Wildman–Crippen LogP) is 2.24. The molecule has 118 valence electrons. The van der Waals surface area contributed by atoms with Crippen LogP contribution in [0.5, 0.6) is 5.75 Å². The maximum absolute atomic E-state index is 5.42. The lowest BCUT2D eigenvalue weighted by atomic mass is 10.1. The highest BCUT2D eigenvalue weighted by atomic mass is 16.5. The van der Waals surface area contributed by atoms with Crippen LogP contribution in [-0.4, -0.2) is 47.8 Å². The Morgan fingerprint density at radius 1 is 1.17 bits per heavy atom. The number of rotatable bonds is 3. The van der Waals surface area contributed by atoms with E-state index >= 15 is 0 Å². The number of hydrogen-bond acceptors (Lipinski definition) is 5. The lowest BCUT2D eigenvalue weighted by molar-refractivity contribution is 0.122. The van der Waals surface area contributed by atoms with Gasteiger partial charge < -0.3 is 14.4 Å². The van der Waals surface area contributed by atoms with Crippen molar-refractivity contribution in [2.45, 2.75) is 0 Å². The van der Waals surface area contributed by atoms with Gasteiger partial charge in [0, 0.05) is 31.0 Å². The van der Waals surface area contributed by atoms with E-state index in [-0.39, 0.29) is 0 Å². The van der Waals surface area contributed by atoms with Gasteiger partial charge in [0.05, 0.1) is 32.2 Å². The van der Waals surface area contributed by atoms with Crippen LogP contribution < -0.4 is 9.64 Å². The number of aromatic nitrogens is 3. The van der Waals surface area contributed by atoms with Crippen molar-refractivity contribution in [2.75, 3.05) is 38.3 Å². The summed E-state index contributed by atoms with van der Waals surface area (Å²) in [6.07, 6.45) is 5.65. The number of methoxy groups -OCH3 is 1. The van der Waals surface area contributed by atoms with Gasteiger partial charge in [-0.25, -0.2) is 9.97 Å². The molecule has 0 aliphatic carbocycles. The minimum absolute atomic E-state index is 0.728. The summed E-state index contributed by atoms with van der Waals surface area (Å²) >= 11 is 0. The highest BCUT2D eigenvalue weighted by Gasteiger charge is 2.18. The number of anilines is 1. The van der Waals surface area contributed by atoms with Gasteiger partial charge in [-0.2, -0.15) is 0 Å². The minimum atomic E-state index is 0.728. The summed E-state index contributed by atoms with van der Waals surface area (Å²) in [5, 5.41) is 0. The SMILES string of the molecule is COc1cccc(-c2cnc3c(N4CCOCC4)nccn23)c1. The van der Waals surface area contributed by atoms with Gasteiger partial charge in [0.25, 0.3) is 0 Å². The van der Waals surface area contributed by atoms with Crippen molar-refractivity contribution in [2.24, 2.45) is 0 Å². The van der Waals surface area contributed by atoms with Crippen LogP contribution in [0.1, 0.15) is 0 Å². The van der Waals surface area contributed by atoms with Crippen molar-refractivity contribution >= 4 is 11.5 Å². The number of ether oxygens (including phenoxy) is 2. The zero-order chi connectivity index (χ0) is 15.6. The molecule has 1 aromatic carbocycles. The topological polar surface area (TPSA) is 51.9 Å². The van der Waals surface area contributed by atoms with Crippen LogP contribution in [0.25, 0.3) is 16.9 Å². The van der Waals surface area contributed by atoms with Crippen molar-refractivity contribution in [3.05, 3.63) is 42.9 Å². The third kappa shape index (κ3) is 2.51. The van der Waals surface area contributed by atoms with Gasteiger partial charge in [0.1, 0.15) is 5.75 Å². The molecular formula is C17H18N4O2. The second-order valence-electron chi connectivity index (χ2n) is 5.42. The maximum atomic E-state index is 5.42. The molecule has 1 aliphatic heterocycles. The predicted molar refractivity (Wildman–Crippen MR) is 88.0 cm³/mol. The van der Waals surface area contributed by atoms with E-state index in [0.29, 0.717) is 0 Å². The molecule has 6 heteroatoms. The molecule has 0 atom stereocenters. The van der Waals surface area contributed by atoms with Crippen molar-refractivity contribution in [1.29, 1.82) is 0 Å². The van der Waals surface area contributed by atoms with Gasteiger partial charge in [-0.1, -0.05) is 12.1 Å². The molecule has 0 N–H and O–H groups in total. The van der Waals surface area contributed by atoms with Gasteiger partial charge in [0.15, 0.2) is 11.5 Å². The Labute approximate surface area is 134 Å². The highest BCUT2D eigenvalue weighted by molar-refractivity contribution is 5.72. The summed E-state index contributed by atoms with van der Waals surface area (Å²) in [5.41, 5.74) is 2.96. The Hall–Kier alpha value is -2.60. The first-order valence-corrected chi connectivity index (χ1v) is 7.66. The minimum Gasteiger partial charge on any atom is -0.497 e. The van der Waals surface area contributed by atoms with Gasteiger partial charge in [-0.05, 0) is 12.1 Å². The molecule has 2 aromatic heterocycles. The standard InChI is InChI=1S/C17H18N4O2/c1-22-14-4-2-3-13(11-14)15-12-19-17-16(18-5-6-21(15)17)20-7-9-23-10-8-20/h2-6,11-12H,7-10H2,1H3. The summed E-state index contributed by atoms with van der Waals surface area (Å²) in [7, 11) is 1.67. The van der Waals surface area contributed by atoms with E-state index in [1.165, 1.54) is 0 Å². The van der Waals surface area contributed by atoms with E-state index in [1.807, 2.05) is 36.8 Å². The molecule has 0 saturated carbocycles. The van der Waals surface area contributed by atoms with Crippen molar-refractivity contribution in [3.63, 3.8) is 0 Å². The van der Waals surface area contributed by atoms with Crippen LogP contribution in [0.15, 0.2) is 42.9 Å². The first kappa shape index (κ1) is 14.0. The fraction of sp³-hybridized carbons (Fsp3) is 0.294. The molecule has 4 rings (SSSR count). The van der Waals surface area contributed by atoms with Crippen LogP contribution in [0.2, 0.25) is 0 Å². The zero-order valence-electron chi connectivity index (χ0n) is 13.0. The average Bonchev–Trinajstić information content (AvgIpc) is 3.06. The molecule has 3 heterocycles. The van der Waals surface area contributed by atoms with Gasteiger partial charge >= 0.3 is 0 Å². The normalized spacial score (nSPS) is 15.1. The third-order valence-electron chi connectivity index (χ3n) is 4.09. The number of benzene rings is 1. The first-order valence-electron chi connectivity index (χ1n) is 7.66. The van der Waals surface area contributed by atoms with Crippen molar-refractivity contribution in [1.82, 2.24) is 14.4 Å². The number of fused-ring (bicyclic) bond motifs is 1. The smallest absolute Gasteiger partial charge is 0.180 e. The van der Waals surface area contributed by atoms with E-state index in [4.69, 9.17) is 9.47 Å². The van der Waals surface area contributed by atoms with E-state index in [2.05, 4.69) is 25.3 Å². The molecule has 6 nitrogen and oxygen atoms in total. The summed E-state index contributed by atoms with van der Waals surface area (Å²) in [6.45, 7) is 3.14. The van der Waals surface area contributed by atoms with Crippen LogP contribution in [0, 0.1) is 0 Å². The fourth-order valence-corrected chi connectivity index (χ4v) is 2.90. The second-order valence-corrected chi connectivity index (χ2v) is 5.42. The van der Waals surface area contributed by atoms with Crippen molar-refractivity contribution < 1.29 is 9.47 Å². The average molecular weight is 310 g/mol. The van der Waals surface area contributed by atoms with Crippen LogP contribution >= 0.6 is 0 Å². The number of hydrogen-bond donors (Lipinski definition) is 0. The largest absolute Gasteiger partial charge is 0.497 e. The molecule has 3 aromatic rings. The van der Waals surface area contributed by atoms with Crippen molar-refractivity contribution in [3.8, 4) is 17.0 Å². The highest BCUT2D eigenvalue weighted by Crippen LogP contribution is 2.27. The molecule has 1 aliphatic rings. The molecular weight excluding hydrogens is 292 g/mol. The quantitative estimate of drug-likeness (QED) is 0.742. The van der Waals surface area contributed by atoms with Gasteiger partial charge in [-0.3, -0.25) is 4.40 Å². The van der Waals surface area contributed by atoms with E-state index in [0.717, 1.165) is 54.8 Å². The lowest BCUT2D eigenvalue weighted by Crippen LogP contribution is -2.37. The lowest BCUT2D eigenvalue weighted by Gasteiger charge is -2.27. The second kappa shape index (κ2) is 5.89. The van der Waals surface area contributed by atoms with Crippen LogP contribution in [-0.2, 0) is 4.74 Å². The molecule has 0 spiro atoms. The molecule has 0 amide bonds. The molecule has 0 bridgehead atoms. The van der Waals surface area contributed by atoms with E-state index in [1.54, 1.807) is 7.11 Å². The Bertz CT molecular complexity index is 824. The number of morpholine rings is 1. The summed E-state index contributed by atoms with van der Waals surface area (Å²) < 4.78 is 12.8. The fourth-order valence-electron chi connectivity index (χ4n) is 2.90. The molecule has 0 radical (unpaired) electrons. The molecule has 1 fully saturated rings. The maximum Gasteiger partial charge on any atom is 0.180 e. The first-order chi connectivity index (χ1) is 11.4. The monoisotopic (exact) mass is 310 g/mol. The Morgan fingerprint density at radius 3 is 2.87 bits per heavy atom. The third-order valence-corrected chi connectivity index (χ3v) is 4.09. The molecule has 0 unspecified atom stereocenters. The number of nitrogens with zero attached hydrogens (tertiary/aromatic N) is 4. The summed E-state index contributed by atoms with van der Waals surface area (Å²) in [5.74, 6) is 1.74. The molecule has 1 saturated heterocycles. The zero-order valence-corrected chi connectivity index (χ0v) is 13.0. The van der Waals surface area contributed by atoms with Gasteiger partial charge in [0.2, 0.25) is 0 Å². The van der Waals surface area contributed by atoms with Crippen LogP contribution in [0.4, 0.5) is 5.82 Å². The Kier molecular flexibility index (Phi) is 3.59. The van der Waals surface area contributed by atoms with E-state index < -0.39 is 0 Å². The van der Waals surface area contributed by atoms with E-state index in [9.17, 15) is 0 Å². The summed E-state index contributed by atoms with van der Waals surface area (Å²) in [4.78, 5) is 11.4. The Morgan fingerprint density at radius 2 is 2.04 bits per heavy atom. The summed E-state index contributed by atoms with van der Waals surface area (Å²) in [6, 6.07) is 7.99. The molecule has 23 heavy (non-hydrogen) atoms. The van der Waals surface area contributed by atoms with Crippen LogP contribution in [0.3, 0.4) is 0 Å². The number of imidazole rings is 1. The Balaban J connectivity index is 1.80.